The molecule has 7 nitrogen and oxygen atoms in total. The molecule has 182 valence electrons. The highest BCUT2D eigenvalue weighted by Gasteiger charge is 2.12. The number of amides is 1. The fourth-order valence-corrected chi connectivity index (χ4v) is 4.22. The summed E-state index contributed by atoms with van der Waals surface area (Å²) in [5, 5.41) is 7.75. The Morgan fingerprint density at radius 2 is 1.65 bits per heavy atom. The lowest BCUT2D eigenvalue weighted by Gasteiger charge is -2.10. The molecule has 0 aliphatic carbocycles. The summed E-state index contributed by atoms with van der Waals surface area (Å²) < 4.78 is 7.62. The molecule has 0 saturated carbocycles. The van der Waals surface area contributed by atoms with E-state index in [2.05, 4.69) is 26.3 Å². The Bertz CT molecular complexity index is 1650. The van der Waals surface area contributed by atoms with Crippen LogP contribution in [0.2, 0.25) is 0 Å². The van der Waals surface area contributed by atoms with Crippen molar-refractivity contribution in [3.05, 3.63) is 124 Å². The fraction of sp³-hybridized carbons (Fsp3) is 0.0345. The number of halogens is 1. The second-order valence-corrected chi connectivity index (χ2v) is 8.93. The standard InChI is InChI=1S/C29H21BrN4O3/c30-24-17-20(15-16-26(24)37-19-27(35)32-22-11-5-2-6-12-22)18-31-34-28(21-9-3-1-4-10-21)33-25-14-8-7-13-23(25)29(34)36/h1-18H,19H2,(H,32,35). The van der Waals surface area contributed by atoms with Crippen LogP contribution in [0.4, 0.5) is 5.69 Å². The van der Waals surface area contributed by atoms with Gasteiger partial charge in [0.1, 0.15) is 5.75 Å². The van der Waals surface area contributed by atoms with Crippen LogP contribution in [0.3, 0.4) is 0 Å². The molecule has 1 aromatic heterocycles. The number of nitrogens with zero attached hydrogens (tertiary/aromatic N) is 3. The summed E-state index contributed by atoms with van der Waals surface area (Å²) in [7, 11) is 0. The SMILES string of the molecule is O=C(COc1ccc(C=Nn2c(-c3ccccc3)nc3ccccc3c2=O)cc1Br)Nc1ccccc1. The van der Waals surface area contributed by atoms with E-state index in [-0.39, 0.29) is 18.1 Å². The van der Waals surface area contributed by atoms with E-state index in [0.29, 0.717) is 32.6 Å². The van der Waals surface area contributed by atoms with Crippen LogP contribution in [-0.4, -0.2) is 28.4 Å². The van der Waals surface area contributed by atoms with Crippen LogP contribution >= 0.6 is 15.9 Å². The summed E-state index contributed by atoms with van der Waals surface area (Å²) in [5.41, 5.74) is 2.56. The van der Waals surface area contributed by atoms with Gasteiger partial charge in [0, 0.05) is 11.3 Å². The molecule has 37 heavy (non-hydrogen) atoms. The highest BCUT2D eigenvalue weighted by atomic mass is 79.9. The first-order valence-corrected chi connectivity index (χ1v) is 12.3. The first-order chi connectivity index (χ1) is 18.1. The van der Waals surface area contributed by atoms with Crippen molar-refractivity contribution >= 4 is 44.6 Å². The van der Waals surface area contributed by atoms with E-state index in [1.165, 1.54) is 4.68 Å². The maximum atomic E-state index is 13.3. The Labute approximate surface area is 221 Å². The molecule has 0 saturated heterocycles. The molecule has 1 N–H and O–H groups in total. The zero-order valence-electron chi connectivity index (χ0n) is 19.5. The minimum Gasteiger partial charge on any atom is -0.483 e. The smallest absolute Gasteiger partial charge is 0.282 e. The van der Waals surface area contributed by atoms with Gasteiger partial charge < -0.3 is 10.1 Å². The number of carbonyl (C=O) groups excluding carboxylic acids is 1. The molecular weight excluding hydrogens is 532 g/mol. The predicted octanol–water partition coefficient (Wildman–Crippen LogP) is 5.73. The number of benzene rings is 4. The lowest BCUT2D eigenvalue weighted by molar-refractivity contribution is -0.118. The lowest BCUT2D eigenvalue weighted by atomic mass is 10.2. The van der Waals surface area contributed by atoms with Crippen molar-refractivity contribution in [2.24, 2.45) is 5.10 Å². The molecule has 0 radical (unpaired) electrons. The number of carbonyl (C=O) groups is 1. The number of rotatable bonds is 7. The highest BCUT2D eigenvalue weighted by molar-refractivity contribution is 9.10. The van der Waals surface area contributed by atoms with Crippen LogP contribution in [-0.2, 0) is 4.79 Å². The highest BCUT2D eigenvalue weighted by Crippen LogP contribution is 2.26. The summed E-state index contributed by atoms with van der Waals surface area (Å²) >= 11 is 3.49. The number of aromatic nitrogens is 2. The molecule has 5 aromatic rings. The second-order valence-electron chi connectivity index (χ2n) is 8.07. The number of nitrogens with one attached hydrogen (secondary N) is 1. The van der Waals surface area contributed by atoms with Crippen molar-refractivity contribution in [2.45, 2.75) is 0 Å². The summed E-state index contributed by atoms with van der Waals surface area (Å²) in [6.07, 6.45) is 1.58. The molecule has 1 amide bonds. The van der Waals surface area contributed by atoms with E-state index < -0.39 is 0 Å². The summed E-state index contributed by atoms with van der Waals surface area (Å²) in [6.45, 7) is -0.139. The molecule has 0 spiro atoms. The third-order valence-corrected chi connectivity index (χ3v) is 6.10. The Hall–Kier alpha value is -4.56. The van der Waals surface area contributed by atoms with Crippen molar-refractivity contribution in [2.75, 3.05) is 11.9 Å². The average Bonchev–Trinajstić information content (AvgIpc) is 2.93. The third-order valence-electron chi connectivity index (χ3n) is 5.48. The maximum absolute atomic E-state index is 13.3. The van der Waals surface area contributed by atoms with Crippen LogP contribution in [0.1, 0.15) is 5.56 Å². The van der Waals surface area contributed by atoms with E-state index >= 15 is 0 Å². The topological polar surface area (TPSA) is 85.6 Å². The molecule has 1 heterocycles. The predicted molar refractivity (Wildman–Crippen MR) is 149 cm³/mol. The van der Waals surface area contributed by atoms with Gasteiger partial charge in [0.15, 0.2) is 12.4 Å². The molecule has 5 rings (SSSR count). The van der Waals surface area contributed by atoms with Gasteiger partial charge in [-0.15, -0.1) is 0 Å². The zero-order valence-corrected chi connectivity index (χ0v) is 21.1. The quantitative estimate of drug-likeness (QED) is 0.261. The van der Waals surface area contributed by atoms with Crippen molar-refractivity contribution in [1.82, 2.24) is 9.66 Å². The Morgan fingerprint density at radius 3 is 2.41 bits per heavy atom. The summed E-state index contributed by atoms with van der Waals surface area (Å²) in [4.78, 5) is 30.2. The molecule has 0 fully saturated rings. The average molecular weight is 553 g/mol. The van der Waals surface area contributed by atoms with Gasteiger partial charge in [-0.1, -0.05) is 60.7 Å². The number of para-hydroxylation sites is 2. The van der Waals surface area contributed by atoms with Gasteiger partial charge in [0.05, 0.1) is 21.6 Å². The number of hydrogen-bond donors (Lipinski definition) is 1. The first kappa shape index (κ1) is 24.1. The van der Waals surface area contributed by atoms with E-state index in [0.717, 1.165) is 11.1 Å². The maximum Gasteiger partial charge on any atom is 0.282 e. The molecule has 0 aliphatic rings. The third kappa shape index (κ3) is 5.65. The van der Waals surface area contributed by atoms with Gasteiger partial charge >= 0.3 is 0 Å². The Kier molecular flexibility index (Phi) is 7.19. The van der Waals surface area contributed by atoms with E-state index in [4.69, 9.17) is 9.72 Å². The molecule has 4 aromatic carbocycles. The molecular formula is C29H21BrN4O3. The first-order valence-electron chi connectivity index (χ1n) is 11.5. The van der Waals surface area contributed by atoms with Gasteiger partial charge in [-0.25, -0.2) is 4.98 Å². The van der Waals surface area contributed by atoms with Crippen LogP contribution in [0.15, 0.2) is 117 Å². The van der Waals surface area contributed by atoms with Crippen LogP contribution < -0.4 is 15.6 Å². The minimum absolute atomic E-state index is 0.139. The largest absolute Gasteiger partial charge is 0.483 e. The molecule has 0 bridgehead atoms. The minimum atomic E-state index is -0.264. The number of ether oxygens (including phenoxy) is 1. The Balaban J connectivity index is 1.38. The molecule has 0 aliphatic heterocycles. The van der Waals surface area contributed by atoms with Gasteiger partial charge in [0.2, 0.25) is 0 Å². The molecule has 0 unspecified atom stereocenters. The van der Waals surface area contributed by atoms with Crippen molar-refractivity contribution in [3.63, 3.8) is 0 Å². The van der Waals surface area contributed by atoms with E-state index in [1.54, 1.807) is 36.5 Å². The van der Waals surface area contributed by atoms with Crippen molar-refractivity contribution in [3.8, 4) is 17.1 Å². The van der Waals surface area contributed by atoms with E-state index in [1.807, 2.05) is 72.8 Å². The Morgan fingerprint density at radius 1 is 0.946 bits per heavy atom. The normalized spacial score (nSPS) is 11.1. The van der Waals surface area contributed by atoms with Gasteiger partial charge in [-0.05, 0) is 64.0 Å². The van der Waals surface area contributed by atoms with Crippen molar-refractivity contribution < 1.29 is 9.53 Å². The summed E-state index contributed by atoms with van der Waals surface area (Å²) in [6, 6.07) is 31.2. The number of anilines is 1. The van der Waals surface area contributed by atoms with Crippen molar-refractivity contribution in [1.29, 1.82) is 0 Å². The van der Waals surface area contributed by atoms with E-state index in [9.17, 15) is 9.59 Å². The summed E-state index contributed by atoms with van der Waals surface area (Å²) in [5.74, 6) is 0.694. The van der Waals surface area contributed by atoms with Gasteiger partial charge in [-0.3, -0.25) is 9.59 Å². The molecule has 8 heteroatoms. The van der Waals surface area contributed by atoms with Crippen LogP contribution in [0.5, 0.6) is 5.75 Å². The molecule has 0 atom stereocenters. The zero-order chi connectivity index (χ0) is 25.6. The number of hydrogen-bond acceptors (Lipinski definition) is 5. The monoisotopic (exact) mass is 552 g/mol. The van der Waals surface area contributed by atoms with Gasteiger partial charge in [-0.2, -0.15) is 9.78 Å². The van der Waals surface area contributed by atoms with Crippen LogP contribution in [0, 0.1) is 0 Å². The number of fused-ring (bicyclic) bond motifs is 1. The fourth-order valence-electron chi connectivity index (χ4n) is 3.71. The second kappa shape index (κ2) is 11.0. The van der Waals surface area contributed by atoms with Crippen LogP contribution in [0.25, 0.3) is 22.3 Å². The van der Waals surface area contributed by atoms with Gasteiger partial charge in [0.25, 0.3) is 11.5 Å². The lowest BCUT2D eigenvalue weighted by Crippen LogP contribution is -2.20.